The van der Waals surface area contributed by atoms with Gasteiger partial charge in [0.2, 0.25) is 11.8 Å². The molecule has 2 aromatic heterocycles. The van der Waals surface area contributed by atoms with E-state index in [1.165, 1.54) is 0 Å². The van der Waals surface area contributed by atoms with Crippen LogP contribution in [0.25, 0.3) is 0 Å². The number of primary amides is 2. The molecule has 4 N–H and O–H groups in total. The SMILES string of the molecule is NC(=O)CN(Cc1ccc(CN(CC(N)=O)Cc2ccccn2)cc1)Cc1ccccn1. The van der Waals surface area contributed by atoms with Crippen molar-refractivity contribution in [2.24, 2.45) is 11.5 Å². The molecule has 0 saturated heterocycles. The highest BCUT2D eigenvalue weighted by Crippen LogP contribution is 2.13. The standard InChI is InChI=1S/C24H28N6O2/c25-23(31)17-29(15-21-5-1-3-11-27-21)13-19-7-9-20(10-8-19)14-30(18-24(26)32)16-22-6-2-4-12-28-22/h1-12H,13-18H2,(H2,25,31)(H2,26,32). The van der Waals surface area contributed by atoms with E-state index in [0.29, 0.717) is 26.2 Å². The topological polar surface area (TPSA) is 118 Å². The van der Waals surface area contributed by atoms with Crippen LogP contribution in [-0.2, 0) is 35.8 Å². The lowest BCUT2D eigenvalue weighted by atomic mass is 10.1. The predicted molar refractivity (Wildman–Crippen MR) is 122 cm³/mol. The third kappa shape index (κ3) is 7.90. The van der Waals surface area contributed by atoms with Gasteiger partial charge in [0.25, 0.3) is 0 Å². The molecule has 2 heterocycles. The molecule has 0 aliphatic heterocycles. The van der Waals surface area contributed by atoms with Gasteiger partial charge in [0, 0.05) is 38.6 Å². The van der Waals surface area contributed by atoms with Crippen LogP contribution < -0.4 is 11.5 Å². The normalized spacial score (nSPS) is 11.1. The summed E-state index contributed by atoms with van der Waals surface area (Å²) in [5.74, 6) is -0.761. The molecule has 2 amide bonds. The van der Waals surface area contributed by atoms with Crippen LogP contribution in [0.5, 0.6) is 0 Å². The number of nitrogens with zero attached hydrogens (tertiary/aromatic N) is 4. The Balaban J connectivity index is 1.64. The van der Waals surface area contributed by atoms with Crippen molar-refractivity contribution in [2.75, 3.05) is 13.1 Å². The van der Waals surface area contributed by atoms with Gasteiger partial charge in [0.05, 0.1) is 24.5 Å². The third-order valence-electron chi connectivity index (χ3n) is 4.82. The zero-order chi connectivity index (χ0) is 22.8. The summed E-state index contributed by atoms with van der Waals surface area (Å²) in [6.45, 7) is 2.49. The Kier molecular flexibility index (Phi) is 8.42. The molecule has 0 bridgehead atoms. The van der Waals surface area contributed by atoms with Crippen LogP contribution in [-0.4, -0.2) is 44.7 Å². The second-order valence-electron chi connectivity index (χ2n) is 7.68. The summed E-state index contributed by atoms with van der Waals surface area (Å²) < 4.78 is 0. The van der Waals surface area contributed by atoms with Crippen LogP contribution in [0, 0.1) is 0 Å². The minimum absolute atomic E-state index is 0.148. The van der Waals surface area contributed by atoms with Crippen molar-refractivity contribution >= 4 is 11.8 Å². The van der Waals surface area contributed by atoms with Gasteiger partial charge in [-0.1, -0.05) is 36.4 Å². The number of carbonyl (C=O) groups is 2. The van der Waals surface area contributed by atoms with Crippen molar-refractivity contribution < 1.29 is 9.59 Å². The molecule has 0 unspecified atom stereocenters. The fourth-order valence-corrected chi connectivity index (χ4v) is 3.48. The molecule has 3 aromatic rings. The van der Waals surface area contributed by atoms with Gasteiger partial charge in [0.1, 0.15) is 0 Å². The molecule has 3 rings (SSSR count). The lowest BCUT2D eigenvalue weighted by Gasteiger charge is -2.22. The van der Waals surface area contributed by atoms with Gasteiger partial charge in [-0.05, 0) is 35.4 Å². The number of hydrogen-bond acceptors (Lipinski definition) is 6. The van der Waals surface area contributed by atoms with Crippen molar-refractivity contribution in [3.8, 4) is 0 Å². The Hall–Kier alpha value is -3.62. The minimum atomic E-state index is -0.380. The molecule has 0 spiro atoms. The largest absolute Gasteiger partial charge is 0.369 e. The van der Waals surface area contributed by atoms with Crippen LogP contribution in [0.2, 0.25) is 0 Å². The summed E-state index contributed by atoms with van der Waals surface area (Å²) in [6, 6.07) is 19.5. The molecule has 1 aromatic carbocycles. The molecule has 8 nitrogen and oxygen atoms in total. The fourth-order valence-electron chi connectivity index (χ4n) is 3.48. The lowest BCUT2D eigenvalue weighted by Crippen LogP contribution is -2.33. The number of aromatic nitrogens is 2. The molecule has 0 aliphatic carbocycles. The molecular weight excluding hydrogens is 404 g/mol. The minimum Gasteiger partial charge on any atom is -0.369 e. The summed E-state index contributed by atoms with van der Waals surface area (Å²) in [4.78, 5) is 35.6. The van der Waals surface area contributed by atoms with Crippen molar-refractivity contribution in [1.29, 1.82) is 0 Å². The third-order valence-corrected chi connectivity index (χ3v) is 4.82. The average molecular weight is 433 g/mol. The van der Waals surface area contributed by atoms with E-state index in [4.69, 9.17) is 11.5 Å². The van der Waals surface area contributed by atoms with E-state index in [1.54, 1.807) is 12.4 Å². The number of benzene rings is 1. The monoisotopic (exact) mass is 432 g/mol. The number of rotatable bonds is 12. The quantitative estimate of drug-likeness (QED) is 0.447. The first-order chi connectivity index (χ1) is 15.5. The Labute approximate surface area is 187 Å². The first kappa shape index (κ1) is 23.1. The average Bonchev–Trinajstić information content (AvgIpc) is 2.75. The van der Waals surface area contributed by atoms with Crippen molar-refractivity contribution in [3.63, 3.8) is 0 Å². The number of nitrogens with two attached hydrogens (primary N) is 2. The highest BCUT2D eigenvalue weighted by molar-refractivity contribution is 5.76. The number of amides is 2. The van der Waals surface area contributed by atoms with Gasteiger partial charge >= 0.3 is 0 Å². The fraction of sp³-hybridized carbons (Fsp3) is 0.250. The zero-order valence-corrected chi connectivity index (χ0v) is 17.9. The highest BCUT2D eigenvalue weighted by Gasteiger charge is 2.13. The molecule has 0 radical (unpaired) electrons. The van der Waals surface area contributed by atoms with Crippen LogP contribution in [0.1, 0.15) is 22.5 Å². The zero-order valence-electron chi connectivity index (χ0n) is 17.9. The molecule has 0 saturated carbocycles. The van der Waals surface area contributed by atoms with E-state index in [0.717, 1.165) is 22.5 Å². The Morgan fingerprint density at radius 2 is 1.03 bits per heavy atom. The molecule has 0 aliphatic rings. The van der Waals surface area contributed by atoms with Crippen molar-refractivity contribution in [1.82, 2.24) is 19.8 Å². The smallest absolute Gasteiger partial charge is 0.231 e. The van der Waals surface area contributed by atoms with Gasteiger partial charge in [-0.3, -0.25) is 29.4 Å². The second kappa shape index (κ2) is 11.7. The van der Waals surface area contributed by atoms with Crippen LogP contribution in [0.15, 0.2) is 73.1 Å². The molecule has 8 heteroatoms. The van der Waals surface area contributed by atoms with E-state index in [1.807, 2.05) is 70.5 Å². The maximum absolute atomic E-state index is 11.5. The Morgan fingerprint density at radius 3 is 1.34 bits per heavy atom. The first-order valence-corrected chi connectivity index (χ1v) is 10.4. The van der Waals surface area contributed by atoms with E-state index < -0.39 is 0 Å². The summed E-state index contributed by atoms with van der Waals surface area (Å²) in [5, 5.41) is 0. The highest BCUT2D eigenvalue weighted by atomic mass is 16.1. The summed E-state index contributed by atoms with van der Waals surface area (Å²) in [6.07, 6.45) is 3.46. The van der Waals surface area contributed by atoms with E-state index >= 15 is 0 Å². The van der Waals surface area contributed by atoms with Gasteiger partial charge in [-0.25, -0.2) is 0 Å². The van der Waals surface area contributed by atoms with Crippen LogP contribution >= 0.6 is 0 Å². The van der Waals surface area contributed by atoms with E-state index in [-0.39, 0.29) is 24.9 Å². The Bertz CT molecular complexity index is 914. The van der Waals surface area contributed by atoms with Gasteiger partial charge in [0.15, 0.2) is 0 Å². The van der Waals surface area contributed by atoms with Gasteiger partial charge in [-0.2, -0.15) is 0 Å². The van der Waals surface area contributed by atoms with Crippen LogP contribution in [0.3, 0.4) is 0 Å². The molecule has 32 heavy (non-hydrogen) atoms. The first-order valence-electron chi connectivity index (χ1n) is 10.4. The van der Waals surface area contributed by atoms with Gasteiger partial charge in [-0.15, -0.1) is 0 Å². The molecule has 166 valence electrons. The Morgan fingerprint density at radius 1 is 0.625 bits per heavy atom. The summed E-state index contributed by atoms with van der Waals surface area (Å²) in [7, 11) is 0. The molecule has 0 fully saturated rings. The van der Waals surface area contributed by atoms with E-state index in [2.05, 4.69) is 9.97 Å². The maximum Gasteiger partial charge on any atom is 0.231 e. The summed E-state index contributed by atoms with van der Waals surface area (Å²) >= 11 is 0. The van der Waals surface area contributed by atoms with Crippen molar-refractivity contribution in [2.45, 2.75) is 26.2 Å². The number of carbonyl (C=O) groups excluding carboxylic acids is 2. The lowest BCUT2D eigenvalue weighted by molar-refractivity contribution is -0.120. The maximum atomic E-state index is 11.5. The molecule has 0 atom stereocenters. The second-order valence-corrected chi connectivity index (χ2v) is 7.68. The molecular formula is C24H28N6O2. The predicted octanol–water partition coefficient (Wildman–Crippen LogP) is 1.45. The van der Waals surface area contributed by atoms with E-state index in [9.17, 15) is 9.59 Å². The number of pyridine rings is 2. The van der Waals surface area contributed by atoms with Crippen molar-refractivity contribution in [3.05, 3.63) is 95.6 Å². The number of hydrogen-bond donors (Lipinski definition) is 2. The van der Waals surface area contributed by atoms with Gasteiger partial charge < -0.3 is 11.5 Å². The summed E-state index contributed by atoms with van der Waals surface area (Å²) in [5.41, 5.74) is 14.7. The van der Waals surface area contributed by atoms with Crippen LogP contribution in [0.4, 0.5) is 0 Å².